The highest BCUT2D eigenvalue weighted by atomic mass is 35.5. The normalized spacial score (nSPS) is 12.2. The number of ether oxygens (including phenoxy) is 1. The molecule has 4 heterocycles. The number of nitrogens with zero attached hydrogens (tertiary/aromatic N) is 5. The van der Waals surface area contributed by atoms with Crippen molar-refractivity contribution < 1.29 is 17.5 Å². The van der Waals surface area contributed by atoms with Crippen LogP contribution in [0.25, 0.3) is 22.3 Å². The van der Waals surface area contributed by atoms with E-state index in [4.69, 9.17) is 21.3 Å². The SMILES string of the molecule is CCC(NCCS(=O)(=O)c1ccccn1)c1nc(-c2cc3c(Nc4ccc(OCc5cccc(F)c5)c(Cl)c4)ncnc3cn2)cs1. The van der Waals surface area contributed by atoms with Crippen LogP contribution in [0.4, 0.5) is 15.9 Å². The summed E-state index contributed by atoms with van der Waals surface area (Å²) >= 11 is 7.99. The highest BCUT2D eigenvalue weighted by Gasteiger charge is 2.19. The number of rotatable bonds is 13. The van der Waals surface area contributed by atoms with Gasteiger partial charge in [0.05, 0.1) is 39.9 Å². The largest absolute Gasteiger partial charge is 0.487 e. The second kappa shape index (κ2) is 14.5. The van der Waals surface area contributed by atoms with Crippen molar-refractivity contribution in [1.82, 2.24) is 30.2 Å². The molecule has 1 atom stereocenters. The molecule has 2 N–H and O–H groups in total. The lowest BCUT2D eigenvalue weighted by Gasteiger charge is -2.14. The van der Waals surface area contributed by atoms with E-state index in [-0.39, 0.29) is 35.8 Å². The number of halogens is 2. The zero-order valence-corrected chi connectivity index (χ0v) is 27.5. The van der Waals surface area contributed by atoms with Gasteiger partial charge in [0.25, 0.3) is 0 Å². The lowest BCUT2D eigenvalue weighted by molar-refractivity contribution is 0.306. The Morgan fingerprint density at radius 2 is 1.89 bits per heavy atom. The fourth-order valence-corrected chi connectivity index (χ4v) is 7.10. The van der Waals surface area contributed by atoms with Gasteiger partial charge in [-0.2, -0.15) is 0 Å². The molecular weight excluding hydrogens is 661 g/mol. The van der Waals surface area contributed by atoms with E-state index >= 15 is 0 Å². The fourth-order valence-electron chi connectivity index (χ4n) is 4.79. The molecular formula is C33H29ClFN7O3S2. The first kappa shape index (κ1) is 32.4. The molecule has 14 heteroatoms. The average molecular weight is 690 g/mol. The third-order valence-electron chi connectivity index (χ3n) is 7.21. The Kier molecular flexibility index (Phi) is 9.97. The maximum Gasteiger partial charge on any atom is 0.196 e. The van der Waals surface area contributed by atoms with E-state index in [9.17, 15) is 12.8 Å². The van der Waals surface area contributed by atoms with Crippen molar-refractivity contribution in [2.45, 2.75) is 31.0 Å². The van der Waals surface area contributed by atoms with Gasteiger partial charge in [-0.25, -0.2) is 32.7 Å². The Hall–Kier alpha value is -4.56. The van der Waals surface area contributed by atoms with Crippen LogP contribution in [-0.4, -0.2) is 45.6 Å². The first-order valence-electron chi connectivity index (χ1n) is 14.7. The molecule has 0 saturated heterocycles. The van der Waals surface area contributed by atoms with Gasteiger partial charge in [-0.05, 0) is 60.5 Å². The molecule has 240 valence electrons. The van der Waals surface area contributed by atoms with Gasteiger partial charge in [-0.3, -0.25) is 4.98 Å². The quantitative estimate of drug-likeness (QED) is 0.129. The van der Waals surface area contributed by atoms with E-state index in [1.165, 1.54) is 42.1 Å². The number of nitrogens with one attached hydrogen (secondary N) is 2. The fraction of sp³-hybridized carbons (Fsp3) is 0.182. The third-order valence-corrected chi connectivity index (χ3v) is 10.1. The zero-order valence-electron chi connectivity index (χ0n) is 25.1. The van der Waals surface area contributed by atoms with Crippen LogP contribution >= 0.6 is 22.9 Å². The van der Waals surface area contributed by atoms with Crippen LogP contribution in [0, 0.1) is 5.82 Å². The van der Waals surface area contributed by atoms with Gasteiger partial charge >= 0.3 is 0 Å². The monoisotopic (exact) mass is 689 g/mol. The molecule has 10 nitrogen and oxygen atoms in total. The van der Waals surface area contributed by atoms with Crippen molar-refractivity contribution in [3.05, 3.63) is 112 Å². The summed E-state index contributed by atoms with van der Waals surface area (Å²) in [7, 11) is -3.49. The Morgan fingerprint density at radius 1 is 1.00 bits per heavy atom. The molecule has 0 radical (unpaired) electrons. The molecule has 0 aliphatic rings. The minimum atomic E-state index is -3.49. The number of hydrogen-bond acceptors (Lipinski definition) is 11. The summed E-state index contributed by atoms with van der Waals surface area (Å²) in [5, 5.41) is 10.6. The summed E-state index contributed by atoms with van der Waals surface area (Å²) in [6.07, 6.45) is 5.32. The van der Waals surface area contributed by atoms with Crippen molar-refractivity contribution in [1.29, 1.82) is 0 Å². The summed E-state index contributed by atoms with van der Waals surface area (Å²) in [6, 6.07) is 18.1. The number of aromatic nitrogens is 5. The maximum atomic E-state index is 13.5. The molecule has 6 aromatic rings. The summed E-state index contributed by atoms with van der Waals surface area (Å²) < 4.78 is 44.6. The Morgan fingerprint density at radius 3 is 2.68 bits per heavy atom. The van der Waals surface area contributed by atoms with E-state index in [2.05, 4.69) is 30.6 Å². The molecule has 1 unspecified atom stereocenters. The number of fused-ring (bicyclic) bond motifs is 1. The Bertz CT molecular complexity index is 2120. The molecule has 0 saturated carbocycles. The smallest absolute Gasteiger partial charge is 0.196 e. The summed E-state index contributed by atoms with van der Waals surface area (Å²) in [6.45, 7) is 2.46. The van der Waals surface area contributed by atoms with Crippen LogP contribution in [0.2, 0.25) is 5.02 Å². The number of anilines is 2. The second-order valence-corrected chi connectivity index (χ2v) is 13.8. The number of sulfone groups is 1. The number of hydrogen-bond donors (Lipinski definition) is 2. The number of pyridine rings is 2. The molecule has 0 amide bonds. The van der Waals surface area contributed by atoms with Crippen LogP contribution < -0.4 is 15.4 Å². The molecule has 0 bridgehead atoms. The molecule has 0 fully saturated rings. The van der Waals surface area contributed by atoms with E-state index in [1.807, 2.05) is 24.4 Å². The molecule has 0 aliphatic carbocycles. The number of benzene rings is 2. The van der Waals surface area contributed by atoms with Gasteiger partial charge in [0.15, 0.2) is 14.9 Å². The van der Waals surface area contributed by atoms with E-state index in [0.29, 0.717) is 44.7 Å². The highest BCUT2D eigenvalue weighted by molar-refractivity contribution is 7.91. The van der Waals surface area contributed by atoms with Gasteiger partial charge in [0.2, 0.25) is 0 Å². The van der Waals surface area contributed by atoms with Crippen LogP contribution in [-0.2, 0) is 16.4 Å². The van der Waals surface area contributed by atoms with Crippen molar-refractivity contribution >= 4 is 55.2 Å². The van der Waals surface area contributed by atoms with Crippen LogP contribution in [0.1, 0.15) is 30.0 Å². The molecule has 47 heavy (non-hydrogen) atoms. The number of thiazole rings is 1. The lowest BCUT2D eigenvalue weighted by Crippen LogP contribution is -2.27. The molecule has 4 aromatic heterocycles. The van der Waals surface area contributed by atoms with Crippen LogP contribution in [0.15, 0.2) is 95.9 Å². The average Bonchev–Trinajstić information content (AvgIpc) is 3.57. The van der Waals surface area contributed by atoms with E-state index < -0.39 is 9.84 Å². The molecule has 6 rings (SSSR count). The van der Waals surface area contributed by atoms with Crippen molar-refractivity contribution in [3.63, 3.8) is 0 Å². The minimum absolute atomic E-state index is 0.0679. The first-order chi connectivity index (χ1) is 22.8. The maximum absolute atomic E-state index is 13.5. The Labute approximate surface area is 280 Å². The van der Waals surface area contributed by atoms with E-state index in [1.54, 1.807) is 42.6 Å². The summed E-state index contributed by atoms with van der Waals surface area (Å²) in [5.41, 5.74) is 3.35. The molecule has 2 aromatic carbocycles. The van der Waals surface area contributed by atoms with Crippen LogP contribution in [0.5, 0.6) is 5.75 Å². The summed E-state index contributed by atoms with van der Waals surface area (Å²) in [5.74, 6) is 0.624. The van der Waals surface area contributed by atoms with Gasteiger partial charge in [-0.15, -0.1) is 11.3 Å². The standard InChI is InChI=1S/C33H29ClFN7O3S2/c1-2-26(36-12-13-47(43,44)31-8-3-4-11-37-31)33-42-29(19-46-33)27-16-24-28(17-38-27)39-20-40-32(24)41-23-9-10-30(25(34)15-23)45-18-21-6-5-7-22(35)14-21/h3-11,14-17,19-20,26,36H,2,12-13,18H2,1H3,(H,39,40,41). The lowest BCUT2D eigenvalue weighted by atomic mass is 10.2. The highest BCUT2D eigenvalue weighted by Crippen LogP contribution is 2.33. The zero-order chi connectivity index (χ0) is 32.8. The molecule has 0 spiro atoms. The van der Waals surface area contributed by atoms with Crippen molar-refractivity contribution in [3.8, 4) is 17.1 Å². The first-order valence-corrected chi connectivity index (χ1v) is 17.6. The van der Waals surface area contributed by atoms with Gasteiger partial charge < -0.3 is 15.4 Å². The van der Waals surface area contributed by atoms with Gasteiger partial charge in [0.1, 0.15) is 35.3 Å². The topological polar surface area (TPSA) is 132 Å². The summed E-state index contributed by atoms with van der Waals surface area (Å²) in [4.78, 5) is 22.2. The van der Waals surface area contributed by atoms with Gasteiger partial charge in [0, 0.05) is 29.2 Å². The van der Waals surface area contributed by atoms with Gasteiger partial charge in [-0.1, -0.05) is 36.7 Å². The predicted molar refractivity (Wildman–Crippen MR) is 181 cm³/mol. The Balaban J connectivity index is 1.14. The van der Waals surface area contributed by atoms with Crippen LogP contribution in [0.3, 0.4) is 0 Å². The second-order valence-electron chi connectivity index (χ2n) is 10.5. The third kappa shape index (κ3) is 7.88. The van der Waals surface area contributed by atoms with Crippen molar-refractivity contribution in [2.75, 3.05) is 17.6 Å². The molecule has 0 aliphatic heterocycles. The predicted octanol–water partition coefficient (Wildman–Crippen LogP) is 7.17. The van der Waals surface area contributed by atoms with E-state index in [0.717, 1.165) is 16.8 Å². The van der Waals surface area contributed by atoms with Crippen molar-refractivity contribution in [2.24, 2.45) is 0 Å². The minimum Gasteiger partial charge on any atom is -0.487 e.